The van der Waals surface area contributed by atoms with Gasteiger partial charge in [0.1, 0.15) is 0 Å². The minimum absolute atomic E-state index is 0.315. The third-order valence-corrected chi connectivity index (χ3v) is 4.32. The van der Waals surface area contributed by atoms with E-state index in [0.717, 1.165) is 6.54 Å². The number of rotatable bonds is 5. The predicted octanol–water partition coefficient (Wildman–Crippen LogP) is 3.16. The second kappa shape index (κ2) is 7.29. The average Bonchev–Trinajstić information content (AvgIpc) is 2.26. The molecule has 1 saturated carbocycles. The van der Waals surface area contributed by atoms with Crippen molar-refractivity contribution >= 4 is 0 Å². The zero-order chi connectivity index (χ0) is 11.9. The van der Waals surface area contributed by atoms with Crippen molar-refractivity contribution < 1.29 is 0 Å². The van der Waals surface area contributed by atoms with Crippen LogP contribution in [-0.2, 0) is 0 Å². The van der Waals surface area contributed by atoms with Gasteiger partial charge in [-0.3, -0.25) is 4.90 Å². The van der Waals surface area contributed by atoms with Gasteiger partial charge >= 0.3 is 0 Å². The Morgan fingerprint density at radius 1 is 1.06 bits per heavy atom. The minimum atomic E-state index is 0.315. The molecular formula is C14H30N2. The van der Waals surface area contributed by atoms with Crippen LogP contribution < -0.4 is 5.73 Å². The lowest BCUT2D eigenvalue weighted by atomic mass is 9.82. The Hall–Kier alpha value is -0.0800. The molecule has 0 unspecified atom stereocenters. The van der Waals surface area contributed by atoms with E-state index in [2.05, 4.69) is 18.9 Å². The minimum Gasteiger partial charge on any atom is -0.329 e. The summed E-state index contributed by atoms with van der Waals surface area (Å²) in [6, 6.07) is 0. The highest BCUT2D eigenvalue weighted by Crippen LogP contribution is 2.30. The van der Waals surface area contributed by atoms with Crippen molar-refractivity contribution in [1.29, 1.82) is 0 Å². The average molecular weight is 226 g/mol. The first-order valence-corrected chi connectivity index (χ1v) is 7.16. The van der Waals surface area contributed by atoms with Gasteiger partial charge in [0, 0.05) is 12.1 Å². The molecule has 0 atom stereocenters. The summed E-state index contributed by atoms with van der Waals surface area (Å²) in [4.78, 5) is 2.56. The maximum absolute atomic E-state index is 6.09. The van der Waals surface area contributed by atoms with Crippen molar-refractivity contribution in [1.82, 2.24) is 4.90 Å². The molecule has 16 heavy (non-hydrogen) atoms. The fraction of sp³-hybridized carbons (Fsp3) is 1.00. The number of hydrogen-bond acceptors (Lipinski definition) is 2. The fourth-order valence-corrected chi connectivity index (χ4v) is 2.94. The summed E-state index contributed by atoms with van der Waals surface area (Å²) in [6.07, 6.45) is 12.2. The van der Waals surface area contributed by atoms with Gasteiger partial charge in [-0.1, -0.05) is 45.4 Å². The van der Waals surface area contributed by atoms with Crippen molar-refractivity contribution in [3.8, 4) is 0 Å². The van der Waals surface area contributed by atoms with Gasteiger partial charge in [0.2, 0.25) is 0 Å². The first kappa shape index (κ1) is 14.0. The summed E-state index contributed by atoms with van der Waals surface area (Å²) in [5.41, 5.74) is 6.40. The number of unbranched alkanes of at least 4 members (excludes halogenated alkanes) is 1. The highest BCUT2D eigenvalue weighted by atomic mass is 15.2. The molecule has 0 heterocycles. The van der Waals surface area contributed by atoms with Gasteiger partial charge in [0.05, 0.1) is 0 Å². The van der Waals surface area contributed by atoms with Gasteiger partial charge in [0.25, 0.3) is 0 Å². The Bertz CT molecular complexity index is 172. The van der Waals surface area contributed by atoms with Crippen LogP contribution in [0.2, 0.25) is 0 Å². The number of nitrogens with two attached hydrogens (primary N) is 1. The lowest BCUT2D eigenvalue weighted by molar-refractivity contribution is 0.0922. The highest BCUT2D eigenvalue weighted by molar-refractivity contribution is 4.91. The third kappa shape index (κ3) is 3.74. The molecule has 0 amide bonds. The molecule has 2 heteroatoms. The number of nitrogens with zero attached hydrogens (tertiary/aromatic N) is 1. The summed E-state index contributed by atoms with van der Waals surface area (Å²) >= 11 is 0. The lowest BCUT2D eigenvalue weighted by Gasteiger charge is -2.42. The van der Waals surface area contributed by atoms with Crippen LogP contribution in [0.3, 0.4) is 0 Å². The van der Waals surface area contributed by atoms with Crippen molar-refractivity contribution in [3.63, 3.8) is 0 Å². The Morgan fingerprint density at radius 3 is 2.12 bits per heavy atom. The van der Waals surface area contributed by atoms with Crippen LogP contribution in [0, 0.1) is 0 Å². The lowest BCUT2D eigenvalue weighted by Crippen LogP contribution is -2.52. The molecule has 0 aromatic carbocycles. The molecular weight excluding hydrogens is 196 g/mol. The zero-order valence-electron chi connectivity index (χ0n) is 11.3. The first-order valence-electron chi connectivity index (χ1n) is 7.16. The van der Waals surface area contributed by atoms with E-state index in [1.807, 2.05) is 0 Å². The molecule has 0 radical (unpaired) electrons. The second-order valence-electron chi connectivity index (χ2n) is 5.47. The van der Waals surface area contributed by atoms with Gasteiger partial charge in [-0.25, -0.2) is 0 Å². The molecule has 2 N–H and O–H groups in total. The predicted molar refractivity (Wildman–Crippen MR) is 71.6 cm³/mol. The molecule has 0 saturated heterocycles. The molecule has 0 bridgehead atoms. The van der Waals surface area contributed by atoms with Crippen LogP contribution in [0.15, 0.2) is 0 Å². The summed E-state index contributed by atoms with van der Waals surface area (Å²) < 4.78 is 0. The SMILES string of the molecule is CCCCN(C)C1(CN)CCCCCCC1. The summed E-state index contributed by atoms with van der Waals surface area (Å²) in [5.74, 6) is 0. The molecule has 1 aliphatic carbocycles. The van der Waals surface area contributed by atoms with E-state index in [-0.39, 0.29) is 0 Å². The quantitative estimate of drug-likeness (QED) is 0.780. The van der Waals surface area contributed by atoms with E-state index in [1.54, 1.807) is 0 Å². The largest absolute Gasteiger partial charge is 0.329 e. The van der Waals surface area contributed by atoms with Crippen LogP contribution in [-0.4, -0.2) is 30.6 Å². The van der Waals surface area contributed by atoms with Crippen LogP contribution in [0.25, 0.3) is 0 Å². The smallest absolute Gasteiger partial charge is 0.0328 e. The van der Waals surface area contributed by atoms with Gasteiger partial charge in [-0.15, -0.1) is 0 Å². The summed E-state index contributed by atoms with van der Waals surface area (Å²) in [6.45, 7) is 4.32. The van der Waals surface area contributed by atoms with Crippen LogP contribution in [0.1, 0.15) is 64.7 Å². The third-order valence-electron chi connectivity index (χ3n) is 4.32. The van der Waals surface area contributed by atoms with Crippen molar-refractivity contribution in [2.45, 2.75) is 70.3 Å². The van der Waals surface area contributed by atoms with Crippen molar-refractivity contribution in [2.24, 2.45) is 5.73 Å². The van der Waals surface area contributed by atoms with Gasteiger partial charge in [-0.2, -0.15) is 0 Å². The molecule has 0 aliphatic heterocycles. The Kier molecular flexibility index (Phi) is 6.37. The summed E-state index contributed by atoms with van der Waals surface area (Å²) in [7, 11) is 2.28. The monoisotopic (exact) mass is 226 g/mol. The highest BCUT2D eigenvalue weighted by Gasteiger charge is 2.32. The van der Waals surface area contributed by atoms with Gasteiger partial charge in [-0.05, 0) is 32.9 Å². The van der Waals surface area contributed by atoms with E-state index in [1.165, 1.54) is 64.3 Å². The molecule has 96 valence electrons. The molecule has 2 nitrogen and oxygen atoms in total. The molecule has 0 aromatic heterocycles. The van der Waals surface area contributed by atoms with Gasteiger partial charge < -0.3 is 5.73 Å². The Labute approximate surface area is 102 Å². The number of hydrogen-bond donors (Lipinski definition) is 1. The van der Waals surface area contributed by atoms with Crippen LogP contribution in [0.5, 0.6) is 0 Å². The normalized spacial score (nSPS) is 21.8. The maximum Gasteiger partial charge on any atom is 0.0328 e. The Morgan fingerprint density at radius 2 is 1.62 bits per heavy atom. The van der Waals surface area contributed by atoms with Gasteiger partial charge in [0.15, 0.2) is 0 Å². The number of likely N-dealkylation sites (N-methyl/N-ethyl adjacent to an activating group) is 1. The van der Waals surface area contributed by atoms with E-state index in [9.17, 15) is 0 Å². The van der Waals surface area contributed by atoms with E-state index in [0.29, 0.717) is 5.54 Å². The van der Waals surface area contributed by atoms with Crippen LogP contribution in [0.4, 0.5) is 0 Å². The zero-order valence-corrected chi connectivity index (χ0v) is 11.3. The topological polar surface area (TPSA) is 29.3 Å². The molecule has 0 aromatic rings. The van der Waals surface area contributed by atoms with Crippen LogP contribution >= 0.6 is 0 Å². The fourth-order valence-electron chi connectivity index (χ4n) is 2.94. The first-order chi connectivity index (χ1) is 7.75. The molecule has 1 fully saturated rings. The molecule has 0 spiro atoms. The Balaban J connectivity index is 2.56. The van der Waals surface area contributed by atoms with Crippen molar-refractivity contribution in [2.75, 3.05) is 20.1 Å². The molecule has 1 aliphatic rings. The molecule has 1 rings (SSSR count). The van der Waals surface area contributed by atoms with E-state index in [4.69, 9.17) is 5.73 Å². The van der Waals surface area contributed by atoms with E-state index >= 15 is 0 Å². The van der Waals surface area contributed by atoms with E-state index < -0.39 is 0 Å². The van der Waals surface area contributed by atoms with Crippen molar-refractivity contribution in [3.05, 3.63) is 0 Å². The standard InChI is InChI=1S/C14H30N2/c1-3-4-12-16(2)14(13-15)10-8-6-5-7-9-11-14/h3-13,15H2,1-2H3. The maximum atomic E-state index is 6.09. The summed E-state index contributed by atoms with van der Waals surface area (Å²) in [5, 5.41) is 0. The second-order valence-corrected chi connectivity index (χ2v) is 5.47.